The van der Waals surface area contributed by atoms with Crippen LogP contribution in [0, 0.1) is 0 Å². The van der Waals surface area contributed by atoms with Crippen LogP contribution in [0.3, 0.4) is 0 Å². The molecule has 0 radical (unpaired) electrons. The molecule has 2 aromatic heterocycles. The van der Waals surface area contributed by atoms with E-state index in [0.29, 0.717) is 36.3 Å². The molecule has 1 aliphatic rings. The van der Waals surface area contributed by atoms with Crippen molar-refractivity contribution in [1.82, 2.24) is 24.6 Å². The number of hydrogen-bond donors (Lipinski definition) is 1. The Morgan fingerprint density at radius 1 is 1.08 bits per heavy atom. The molecule has 1 fully saturated rings. The van der Waals surface area contributed by atoms with Crippen molar-refractivity contribution in [1.29, 1.82) is 0 Å². The number of para-hydroxylation sites is 1. The van der Waals surface area contributed by atoms with E-state index in [1.165, 1.54) is 12.3 Å². The lowest BCUT2D eigenvalue weighted by Crippen LogP contribution is -2.39. The Balaban J connectivity index is 1.44. The number of piperidine rings is 1. The largest absolute Gasteiger partial charge is 0.416 e. The molecule has 3 heterocycles. The van der Waals surface area contributed by atoms with E-state index in [-0.39, 0.29) is 18.3 Å². The molecule has 0 unspecified atom stereocenters. The smallest absolute Gasteiger partial charge is 0.368 e. The fourth-order valence-electron chi connectivity index (χ4n) is 4.81. The summed E-state index contributed by atoms with van der Waals surface area (Å²) < 4.78 is 41.9. The van der Waals surface area contributed by atoms with E-state index < -0.39 is 17.8 Å². The summed E-state index contributed by atoms with van der Waals surface area (Å²) in [5, 5.41) is 5.40. The van der Waals surface area contributed by atoms with Crippen LogP contribution in [0.5, 0.6) is 0 Å². The Bertz CT molecular complexity index is 1400. The van der Waals surface area contributed by atoms with Crippen LogP contribution in [0.1, 0.15) is 43.0 Å². The second-order valence-electron chi connectivity index (χ2n) is 8.88. The Morgan fingerprint density at radius 3 is 2.75 bits per heavy atom. The number of rotatable bonds is 5. The topological polar surface area (TPSA) is 89.9 Å². The summed E-state index contributed by atoms with van der Waals surface area (Å²) in [6.07, 6.45) is 1.32. The summed E-state index contributed by atoms with van der Waals surface area (Å²) in [6, 6.07) is 12.4. The number of anilines is 1. The van der Waals surface area contributed by atoms with Crippen LogP contribution < -0.4 is 5.73 Å². The Morgan fingerprint density at radius 2 is 1.92 bits per heavy atom. The van der Waals surface area contributed by atoms with Crippen LogP contribution in [0.25, 0.3) is 22.0 Å². The maximum atomic E-state index is 13.4. The van der Waals surface area contributed by atoms with E-state index in [2.05, 4.69) is 15.1 Å². The molecule has 0 aliphatic carbocycles. The van der Waals surface area contributed by atoms with Crippen molar-refractivity contribution in [2.24, 2.45) is 0 Å². The summed E-state index contributed by atoms with van der Waals surface area (Å²) in [4.78, 5) is 23.6. The first-order valence-electron chi connectivity index (χ1n) is 11.8. The predicted octanol–water partition coefficient (Wildman–Crippen LogP) is 5.24. The number of likely N-dealkylation sites (tertiary alicyclic amines) is 1. The number of fused-ring (bicyclic) bond motifs is 1. The molecule has 7 nitrogen and oxygen atoms in total. The first kappa shape index (κ1) is 23.8. The minimum Gasteiger partial charge on any atom is -0.368 e. The van der Waals surface area contributed by atoms with Gasteiger partial charge in [0.15, 0.2) is 0 Å². The predicted molar refractivity (Wildman–Crippen MR) is 130 cm³/mol. The van der Waals surface area contributed by atoms with Gasteiger partial charge in [-0.3, -0.25) is 9.48 Å². The molecule has 1 aliphatic heterocycles. The van der Waals surface area contributed by atoms with Gasteiger partial charge in [0, 0.05) is 30.1 Å². The highest BCUT2D eigenvalue weighted by Crippen LogP contribution is 2.38. The molecular weight excluding hydrogens is 469 g/mol. The maximum Gasteiger partial charge on any atom is 0.416 e. The minimum atomic E-state index is -4.48. The number of aryl methyl sites for hydroxylation is 1. The molecule has 186 valence electrons. The second kappa shape index (κ2) is 9.60. The van der Waals surface area contributed by atoms with Gasteiger partial charge in [0.2, 0.25) is 11.9 Å². The summed E-state index contributed by atoms with van der Waals surface area (Å²) >= 11 is 0. The lowest BCUT2D eigenvalue weighted by Gasteiger charge is -2.36. The van der Waals surface area contributed by atoms with Crippen molar-refractivity contribution < 1.29 is 18.0 Å². The summed E-state index contributed by atoms with van der Waals surface area (Å²) in [5.41, 5.74) is 7.34. The monoisotopic (exact) mass is 494 g/mol. The number of aromatic nitrogens is 4. The van der Waals surface area contributed by atoms with E-state index in [0.717, 1.165) is 35.9 Å². The number of amides is 1. The van der Waals surface area contributed by atoms with Crippen LogP contribution in [-0.4, -0.2) is 37.1 Å². The second-order valence-corrected chi connectivity index (χ2v) is 8.88. The first-order valence-corrected chi connectivity index (χ1v) is 11.8. The molecule has 1 saturated heterocycles. The van der Waals surface area contributed by atoms with Gasteiger partial charge in [-0.25, -0.2) is 9.97 Å². The van der Waals surface area contributed by atoms with Crippen LogP contribution in [-0.2, 0) is 17.5 Å². The highest BCUT2D eigenvalue weighted by atomic mass is 19.4. The van der Waals surface area contributed by atoms with Crippen LogP contribution in [0.2, 0.25) is 0 Å². The standard InChI is InChI=1S/C26H25F3N6O/c27-26(28,29)19-8-5-7-17(14-19)20-16-31-25(30)33-24(20)22-10-3-4-12-34(22)23(36)11-13-35-21-9-2-1-6-18(21)15-32-35/h1-2,5-9,14-16,22H,3-4,10-13H2,(H2,30,31,33)/t22-/m1/s1. The summed E-state index contributed by atoms with van der Waals surface area (Å²) in [6.45, 7) is 0.956. The molecule has 10 heteroatoms. The molecular formula is C26H25F3N6O. The molecule has 5 rings (SSSR count). The molecule has 2 aromatic carbocycles. The Kier molecular flexibility index (Phi) is 6.34. The molecule has 1 atom stereocenters. The zero-order valence-electron chi connectivity index (χ0n) is 19.4. The summed E-state index contributed by atoms with van der Waals surface area (Å²) in [7, 11) is 0. The fourth-order valence-corrected chi connectivity index (χ4v) is 4.81. The number of carbonyl (C=O) groups is 1. The lowest BCUT2D eigenvalue weighted by atomic mass is 9.93. The Hall–Kier alpha value is -3.95. The van der Waals surface area contributed by atoms with Gasteiger partial charge in [-0.1, -0.05) is 30.3 Å². The molecule has 0 bridgehead atoms. The molecule has 2 N–H and O–H groups in total. The van der Waals surface area contributed by atoms with Gasteiger partial charge in [0.05, 0.1) is 35.6 Å². The number of benzene rings is 2. The van der Waals surface area contributed by atoms with Gasteiger partial charge < -0.3 is 10.6 Å². The van der Waals surface area contributed by atoms with Crippen molar-refractivity contribution in [3.63, 3.8) is 0 Å². The number of nitrogens with two attached hydrogens (primary N) is 1. The third kappa shape index (κ3) is 4.75. The molecule has 36 heavy (non-hydrogen) atoms. The van der Waals surface area contributed by atoms with Gasteiger partial charge in [-0.05, 0) is 43.0 Å². The zero-order chi connectivity index (χ0) is 25.3. The van der Waals surface area contributed by atoms with E-state index in [4.69, 9.17) is 5.73 Å². The number of alkyl halides is 3. The SMILES string of the molecule is Nc1ncc(-c2cccc(C(F)(F)F)c2)c([C@H]2CCCCN2C(=O)CCn2ncc3ccccc32)n1. The van der Waals surface area contributed by atoms with Gasteiger partial charge in [0.1, 0.15) is 0 Å². The normalized spacial score (nSPS) is 16.4. The van der Waals surface area contributed by atoms with E-state index in [9.17, 15) is 18.0 Å². The summed E-state index contributed by atoms with van der Waals surface area (Å²) in [5.74, 6) is -0.0480. The Labute approximate surface area is 205 Å². The van der Waals surface area contributed by atoms with Crippen LogP contribution in [0.15, 0.2) is 60.9 Å². The van der Waals surface area contributed by atoms with Crippen molar-refractivity contribution >= 4 is 22.8 Å². The molecule has 0 spiro atoms. The number of nitrogens with zero attached hydrogens (tertiary/aromatic N) is 5. The zero-order valence-corrected chi connectivity index (χ0v) is 19.4. The maximum absolute atomic E-state index is 13.4. The van der Waals surface area contributed by atoms with E-state index >= 15 is 0 Å². The van der Waals surface area contributed by atoms with Gasteiger partial charge in [0.25, 0.3) is 0 Å². The number of nitrogen functional groups attached to an aromatic ring is 1. The van der Waals surface area contributed by atoms with Gasteiger partial charge >= 0.3 is 6.18 Å². The third-order valence-corrected chi connectivity index (χ3v) is 6.57. The van der Waals surface area contributed by atoms with Crippen molar-refractivity contribution in [3.8, 4) is 11.1 Å². The first-order chi connectivity index (χ1) is 17.3. The highest BCUT2D eigenvalue weighted by molar-refractivity contribution is 5.80. The average molecular weight is 495 g/mol. The van der Waals surface area contributed by atoms with Crippen molar-refractivity contribution in [2.75, 3.05) is 12.3 Å². The van der Waals surface area contributed by atoms with Crippen molar-refractivity contribution in [3.05, 3.63) is 72.2 Å². The molecule has 4 aromatic rings. The van der Waals surface area contributed by atoms with Crippen LogP contribution >= 0.6 is 0 Å². The average Bonchev–Trinajstić information content (AvgIpc) is 3.30. The van der Waals surface area contributed by atoms with E-state index in [1.54, 1.807) is 17.2 Å². The number of carbonyl (C=O) groups excluding carboxylic acids is 1. The molecule has 1 amide bonds. The molecule has 0 saturated carbocycles. The number of hydrogen-bond acceptors (Lipinski definition) is 5. The van der Waals surface area contributed by atoms with E-state index in [1.807, 2.05) is 28.9 Å². The van der Waals surface area contributed by atoms with Crippen LogP contribution in [0.4, 0.5) is 19.1 Å². The van der Waals surface area contributed by atoms with Gasteiger partial charge in [-0.2, -0.15) is 18.3 Å². The van der Waals surface area contributed by atoms with Gasteiger partial charge in [-0.15, -0.1) is 0 Å². The lowest BCUT2D eigenvalue weighted by molar-refractivity contribution is -0.137. The third-order valence-electron chi connectivity index (χ3n) is 6.57. The fraction of sp³-hybridized carbons (Fsp3) is 0.308. The minimum absolute atomic E-state index is 0.0155. The highest BCUT2D eigenvalue weighted by Gasteiger charge is 2.33. The number of halogens is 3. The quantitative estimate of drug-likeness (QED) is 0.410. The van der Waals surface area contributed by atoms with Crippen molar-refractivity contribution in [2.45, 2.75) is 44.4 Å².